The van der Waals surface area contributed by atoms with E-state index in [1.165, 1.54) is 14.0 Å². The van der Waals surface area contributed by atoms with Crippen LogP contribution in [0, 0.1) is 11.3 Å². The molecule has 0 unspecified atom stereocenters. The van der Waals surface area contributed by atoms with E-state index in [0.717, 1.165) is 0 Å². The van der Waals surface area contributed by atoms with Crippen molar-refractivity contribution in [2.75, 3.05) is 25.5 Å². The number of carbonyl (C=O) groups is 3. The van der Waals surface area contributed by atoms with Crippen LogP contribution in [-0.4, -0.2) is 49.0 Å². The maximum absolute atomic E-state index is 12.4. The summed E-state index contributed by atoms with van der Waals surface area (Å²) in [5.74, 6) is -0.594. The van der Waals surface area contributed by atoms with E-state index in [-0.39, 0.29) is 11.8 Å². The summed E-state index contributed by atoms with van der Waals surface area (Å²) in [7, 11) is 1.50. The Morgan fingerprint density at radius 1 is 1.21 bits per heavy atom. The summed E-state index contributed by atoms with van der Waals surface area (Å²) in [6.07, 6.45) is 0.115. The number of amides is 2. The number of carbonyl (C=O) groups excluding carboxylic acids is 3. The van der Waals surface area contributed by atoms with Crippen LogP contribution in [0.3, 0.4) is 0 Å². The Bertz CT molecular complexity index is 767. The van der Waals surface area contributed by atoms with Gasteiger partial charge in [0.2, 0.25) is 5.91 Å². The highest BCUT2D eigenvalue weighted by atomic mass is 35.5. The Hall–Kier alpha value is -2.28. The average Bonchev–Trinajstić information content (AvgIpc) is 2.66. The van der Waals surface area contributed by atoms with Gasteiger partial charge in [-0.3, -0.25) is 14.4 Å². The molecule has 1 fully saturated rings. The van der Waals surface area contributed by atoms with Gasteiger partial charge in [0, 0.05) is 24.2 Å². The average molecular weight is 425 g/mol. The molecule has 2 rings (SSSR count). The lowest BCUT2D eigenvalue weighted by Gasteiger charge is -2.35. The van der Waals surface area contributed by atoms with E-state index in [2.05, 4.69) is 5.32 Å². The lowest BCUT2D eigenvalue weighted by atomic mass is 9.91. The van der Waals surface area contributed by atoms with Crippen molar-refractivity contribution in [1.29, 1.82) is 0 Å². The quantitative estimate of drug-likeness (QED) is 0.731. The first-order chi connectivity index (χ1) is 13.5. The van der Waals surface area contributed by atoms with Crippen LogP contribution < -0.4 is 10.1 Å². The Balaban J connectivity index is 1.85. The zero-order chi connectivity index (χ0) is 21.8. The summed E-state index contributed by atoms with van der Waals surface area (Å²) in [4.78, 5) is 38.9. The number of esters is 1. The molecule has 7 nitrogen and oxygen atoms in total. The molecule has 1 aromatic carbocycles. The van der Waals surface area contributed by atoms with Gasteiger partial charge in [0.05, 0.1) is 18.1 Å². The van der Waals surface area contributed by atoms with Crippen molar-refractivity contribution < 1.29 is 23.9 Å². The fourth-order valence-corrected chi connectivity index (χ4v) is 3.36. The van der Waals surface area contributed by atoms with Crippen LogP contribution in [0.25, 0.3) is 0 Å². The second-order valence-electron chi connectivity index (χ2n) is 8.23. The number of ether oxygens (including phenoxy) is 2. The fourth-order valence-electron chi connectivity index (χ4n) is 3.10. The van der Waals surface area contributed by atoms with E-state index in [1.54, 1.807) is 23.1 Å². The zero-order valence-corrected chi connectivity index (χ0v) is 18.3. The largest absolute Gasteiger partial charge is 0.495 e. The number of methoxy groups -OCH3 is 1. The van der Waals surface area contributed by atoms with Crippen LogP contribution in [0.4, 0.5) is 5.69 Å². The standard InChI is InChI=1S/C21H29ClN2O5/c1-13(18(25)23-15-6-7-17(28-5)16(22)12-15)29-19(26)14-8-10-24(11-9-14)20(27)21(2,3)4/h6-7,12-14H,8-11H2,1-5H3,(H,23,25)/t13-/m0/s1. The molecule has 1 aromatic rings. The molecule has 1 aliphatic heterocycles. The van der Waals surface area contributed by atoms with Gasteiger partial charge in [-0.2, -0.15) is 0 Å². The maximum Gasteiger partial charge on any atom is 0.309 e. The molecule has 0 aromatic heterocycles. The molecule has 2 amide bonds. The molecule has 160 valence electrons. The van der Waals surface area contributed by atoms with Crippen LogP contribution in [0.5, 0.6) is 5.75 Å². The molecule has 0 aliphatic carbocycles. The number of nitrogens with zero attached hydrogens (tertiary/aromatic N) is 1. The summed E-state index contributed by atoms with van der Waals surface area (Å²) in [5, 5.41) is 3.04. The van der Waals surface area contributed by atoms with Gasteiger partial charge < -0.3 is 19.7 Å². The van der Waals surface area contributed by atoms with E-state index in [9.17, 15) is 14.4 Å². The van der Waals surface area contributed by atoms with Gasteiger partial charge in [0.1, 0.15) is 5.75 Å². The number of benzene rings is 1. The number of hydrogen-bond donors (Lipinski definition) is 1. The molecule has 1 aliphatic rings. The maximum atomic E-state index is 12.4. The predicted octanol–water partition coefficient (Wildman–Crippen LogP) is 3.50. The second-order valence-corrected chi connectivity index (χ2v) is 8.64. The van der Waals surface area contributed by atoms with E-state index in [0.29, 0.717) is 42.4 Å². The van der Waals surface area contributed by atoms with Crippen LogP contribution in [0.2, 0.25) is 5.02 Å². The topological polar surface area (TPSA) is 84.9 Å². The van der Waals surface area contributed by atoms with Gasteiger partial charge in [-0.1, -0.05) is 32.4 Å². The Labute approximate surface area is 176 Å². The number of nitrogens with one attached hydrogen (secondary N) is 1. The SMILES string of the molecule is COc1ccc(NC(=O)[C@H](C)OC(=O)C2CCN(C(=O)C(C)(C)C)CC2)cc1Cl. The van der Waals surface area contributed by atoms with Gasteiger partial charge in [0.15, 0.2) is 6.10 Å². The van der Waals surface area contributed by atoms with E-state index in [4.69, 9.17) is 21.1 Å². The minimum absolute atomic E-state index is 0.0789. The molecule has 1 heterocycles. The molecule has 1 N–H and O–H groups in total. The summed E-state index contributed by atoms with van der Waals surface area (Å²) >= 11 is 6.05. The Morgan fingerprint density at radius 3 is 2.34 bits per heavy atom. The Kier molecular flexibility index (Phi) is 7.52. The van der Waals surface area contributed by atoms with Gasteiger partial charge >= 0.3 is 5.97 Å². The molecule has 0 spiro atoms. The molecule has 1 atom stereocenters. The van der Waals surface area contributed by atoms with Crippen molar-refractivity contribution in [3.8, 4) is 5.75 Å². The molecule has 0 bridgehead atoms. The van der Waals surface area contributed by atoms with Crippen molar-refractivity contribution in [3.63, 3.8) is 0 Å². The van der Waals surface area contributed by atoms with E-state index in [1.807, 2.05) is 20.8 Å². The van der Waals surface area contributed by atoms with Gasteiger partial charge in [-0.25, -0.2) is 0 Å². The van der Waals surface area contributed by atoms with Crippen molar-refractivity contribution in [2.24, 2.45) is 11.3 Å². The predicted molar refractivity (Wildman–Crippen MR) is 111 cm³/mol. The summed E-state index contributed by atoms with van der Waals surface area (Å²) in [6, 6.07) is 4.86. The molecule has 8 heteroatoms. The first-order valence-corrected chi connectivity index (χ1v) is 10.0. The zero-order valence-electron chi connectivity index (χ0n) is 17.6. The van der Waals surface area contributed by atoms with E-state index < -0.39 is 23.4 Å². The second kappa shape index (κ2) is 9.48. The number of likely N-dealkylation sites (tertiary alicyclic amines) is 1. The Morgan fingerprint density at radius 2 is 1.83 bits per heavy atom. The highest BCUT2D eigenvalue weighted by molar-refractivity contribution is 6.32. The van der Waals surface area contributed by atoms with E-state index >= 15 is 0 Å². The minimum atomic E-state index is -0.947. The van der Waals surface area contributed by atoms with Gasteiger partial charge in [-0.05, 0) is 38.0 Å². The summed E-state index contributed by atoms with van der Waals surface area (Å²) in [6.45, 7) is 8.20. The fraction of sp³-hybridized carbons (Fsp3) is 0.571. The number of halogens is 1. The van der Waals surface area contributed by atoms with Gasteiger partial charge in [0.25, 0.3) is 5.91 Å². The molecule has 0 radical (unpaired) electrons. The molecule has 29 heavy (non-hydrogen) atoms. The third-order valence-corrected chi connectivity index (χ3v) is 5.13. The van der Waals surface area contributed by atoms with Crippen LogP contribution in [-0.2, 0) is 19.1 Å². The lowest BCUT2D eigenvalue weighted by Crippen LogP contribution is -2.45. The minimum Gasteiger partial charge on any atom is -0.495 e. The first-order valence-electron chi connectivity index (χ1n) is 9.67. The van der Waals surface area contributed by atoms with Crippen molar-refractivity contribution in [1.82, 2.24) is 4.90 Å². The lowest BCUT2D eigenvalue weighted by molar-refractivity contribution is -0.160. The monoisotopic (exact) mass is 424 g/mol. The smallest absolute Gasteiger partial charge is 0.309 e. The van der Waals surface area contributed by atoms with Crippen LogP contribution in [0.1, 0.15) is 40.5 Å². The highest BCUT2D eigenvalue weighted by Crippen LogP contribution is 2.28. The summed E-state index contributed by atoms with van der Waals surface area (Å²) < 4.78 is 10.4. The summed E-state index contributed by atoms with van der Waals surface area (Å²) in [5.41, 5.74) is 0.0438. The number of piperidine rings is 1. The van der Waals surface area contributed by atoms with Crippen molar-refractivity contribution in [3.05, 3.63) is 23.2 Å². The van der Waals surface area contributed by atoms with Crippen LogP contribution >= 0.6 is 11.6 Å². The molecular formula is C21H29ClN2O5. The molecular weight excluding hydrogens is 396 g/mol. The van der Waals surface area contributed by atoms with Crippen molar-refractivity contribution >= 4 is 35.1 Å². The normalized spacial score (nSPS) is 16.1. The third kappa shape index (κ3) is 6.10. The number of anilines is 1. The molecule has 1 saturated heterocycles. The highest BCUT2D eigenvalue weighted by Gasteiger charge is 2.34. The third-order valence-electron chi connectivity index (χ3n) is 4.84. The number of hydrogen-bond acceptors (Lipinski definition) is 5. The van der Waals surface area contributed by atoms with Crippen LogP contribution in [0.15, 0.2) is 18.2 Å². The van der Waals surface area contributed by atoms with Crippen molar-refractivity contribution in [2.45, 2.75) is 46.6 Å². The molecule has 0 saturated carbocycles. The van der Waals surface area contributed by atoms with Gasteiger partial charge in [-0.15, -0.1) is 0 Å². The number of rotatable bonds is 5. The first kappa shape index (κ1) is 23.0.